The molecule has 0 fully saturated rings. The van der Waals surface area contributed by atoms with Crippen LogP contribution in [-0.4, -0.2) is 15.1 Å². The van der Waals surface area contributed by atoms with E-state index in [1.807, 2.05) is 18.2 Å². The average Bonchev–Trinajstić information content (AvgIpc) is 2.30. The van der Waals surface area contributed by atoms with Crippen LogP contribution in [0.2, 0.25) is 0 Å². The van der Waals surface area contributed by atoms with Crippen molar-refractivity contribution >= 4 is 11.8 Å². The Balaban J connectivity index is 1.96. The first-order valence-corrected chi connectivity index (χ1v) is 5.51. The molecule has 0 aliphatic rings. The molecule has 0 radical (unpaired) electrons. The Kier molecular flexibility index (Phi) is 3.19. The van der Waals surface area contributed by atoms with Gasteiger partial charge in [0, 0.05) is 5.75 Å². The molecule has 76 valence electrons. The zero-order chi connectivity index (χ0) is 10.5. The minimum absolute atomic E-state index is 0.0964. The van der Waals surface area contributed by atoms with Crippen molar-refractivity contribution in [2.45, 2.75) is 10.9 Å². The van der Waals surface area contributed by atoms with Crippen molar-refractivity contribution in [2.75, 3.05) is 0 Å². The number of nitrogens with zero attached hydrogens (tertiary/aromatic N) is 2. The smallest absolute Gasteiger partial charge is 0.188 e. The average molecular weight is 218 g/mol. The largest absolute Gasteiger partial charge is 0.505 e. The Morgan fingerprint density at radius 1 is 1.07 bits per heavy atom. The Morgan fingerprint density at radius 2 is 1.73 bits per heavy atom. The lowest BCUT2D eigenvalue weighted by atomic mass is 10.2. The number of hydrogen-bond acceptors (Lipinski definition) is 4. The van der Waals surface area contributed by atoms with E-state index in [0.29, 0.717) is 5.16 Å². The zero-order valence-electron chi connectivity index (χ0n) is 8.00. The van der Waals surface area contributed by atoms with Crippen molar-refractivity contribution in [3.05, 3.63) is 48.3 Å². The van der Waals surface area contributed by atoms with Crippen molar-refractivity contribution in [1.82, 2.24) is 9.97 Å². The van der Waals surface area contributed by atoms with Gasteiger partial charge in [0.1, 0.15) is 0 Å². The predicted octanol–water partition coefficient (Wildman–Crippen LogP) is 2.47. The van der Waals surface area contributed by atoms with E-state index in [9.17, 15) is 0 Å². The zero-order valence-corrected chi connectivity index (χ0v) is 8.81. The van der Waals surface area contributed by atoms with E-state index in [2.05, 4.69) is 22.1 Å². The second kappa shape index (κ2) is 4.79. The van der Waals surface area contributed by atoms with Crippen molar-refractivity contribution < 1.29 is 5.11 Å². The lowest BCUT2D eigenvalue weighted by molar-refractivity contribution is 0.467. The van der Waals surface area contributed by atoms with Crippen LogP contribution < -0.4 is 0 Å². The van der Waals surface area contributed by atoms with Gasteiger partial charge in [-0.15, -0.1) is 0 Å². The van der Waals surface area contributed by atoms with Gasteiger partial charge in [0.2, 0.25) is 0 Å². The Morgan fingerprint density at radius 3 is 2.40 bits per heavy atom. The van der Waals surface area contributed by atoms with Gasteiger partial charge in [-0.2, -0.15) is 0 Å². The molecule has 0 aliphatic carbocycles. The first-order chi connectivity index (χ1) is 7.34. The van der Waals surface area contributed by atoms with Crippen LogP contribution in [0.1, 0.15) is 5.56 Å². The Bertz CT molecular complexity index is 416. The van der Waals surface area contributed by atoms with Gasteiger partial charge in [0.05, 0.1) is 12.4 Å². The fourth-order valence-corrected chi connectivity index (χ4v) is 1.85. The molecule has 0 spiro atoms. The third-order valence-electron chi connectivity index (χ3n) is 1.83. The number of aromatic nitrogens is 2. The van der Waals surface area contributed by atoms with Crippen LogP contribution in [0.5, 0.6) is 5.75 Å². The summed E-state index contributed by atoms with van der Waals surface area (Å²) >= 11 is 1.55. The van der Waals surface area contributed by atoms with Crippen LogP contribution in [-0.2, 0) is 5.75 Å². The topological polar surface area (TPSA) is 46.0 Å². The first kappa shape index (κ1) is 9.98. The Labute approximate surface area is 92.2 Å². The first-order valence-electron chi connectivity index (χ1n) is 4.52. The quantitative estimate of drug-likeness (QED) is 0.635. The summed E-state index contributed by atoms with van der Waals surface area (Å²) in [5, 5.41) is 9.69. The molecule has 2 aromatic rings. The number of rotatable bonds is 3. The van der Waals surface area contributed by atoms with Crippen LogP contribution >= 0.6 is 11.8 Å². The van der Waals surface area contributed by atoms with Gasteiger partial charge in [0.15, 0.2) is 10.9 Å². The standard InChI is InChI=1S/C11H10N2OS/c14-10-6-12-11(13-7-10)15-8-9-4-2-1-3-5-9/h1-7,14H,8H2. The third kappa shape index (κ3) is 2.95. The van der Waals surface area contributed by atoms with Crippen molar-refractivity contribution in [2.24, 2.45) is 0 Å². The molecule has 0 saturated carbocycles. The predicted molar refractivity (Wildman–Crippen MR) is 59.7 cm³/mol. The van der Waals surface area contributed by atoms with Gasteiger partial charge in [-0.1, -0.05) is 42.1 Å². The molecule has 1 N–H and O–H groups in total. The summed E-state index contributed by atoms with van der Waals surface area (Å²) in [6.07, 6.45) is 2.81. The molecule has 0 amide bonds. The molecular formula is C11H10N2OS. The summed E-state index contributed by atoms with van der Waals surface area (Å²) in [6, 6.07) is 10.1. The van der Waals surface area contributed by atoms with Crippen LogP contribution in [0.25, 0.3) is 0 Å². The molecular weight excluding hydrogens is 208 g/mol. The van der Waals surface area contributed by atoms with E-state index < -0.39 is 0 Å². The normalized spacial score (nSPS) is 10.1. The molecule has 1 heterocycles. The van der Waals surface area contributed by atoms with Gasteiger partial charge < -0.3 is 5.11 Å². The van der Waals surface area contributed by atoms with Crippen LogP contribution in [0.15, 0.2) is 47.9 Å². The number of thioether (sulfide) groups is 1. The maximum Gasteiger partial charge on any atom is 0.188 e. The molecule has 0 unspecified atom stereocenters. The second-order valence-corrected chi connectivity index (χ2v) is 3.94. The van der Waals surface area contributed by atoms with E-state index in [1.165, 1.54) is 18.0 Å². The van der Waals surface area contributed by atoms with Gasteiger partial charge in [-0.3, -0.25) is 0 Å². The van der Waals surface area contributed by atoms with Crippen molar-refractivity contribution in [3.8, 4) is 5.75 Å². The lowest BCUT2D eigenvalue weighted by Gasteiger charge is -1.99. The molecule has 0 aliphatic heterocycles. The summed E-state index contributed by atoms with van der Waals surface area (Å²) in [4.78, 5) is 7.99. The highest BCUT2D eigenvalue weighted by molar-refractivity contribution is 7.98. The fraction of sp³-hybridized carbons (Fsp3) is 0.0909. The highest BCUT2D eigenvalue weighted by Crippen LogP contribution is 2.19. The maximum absolute atomic E-state index is 9.01. The van der Waals surface area contributed by atoms with Crippen LogP contribution in [0, 0.1) is 0 Å². The molecule has 0 bridgehead atoms. The number of aromatic hydroxyl groups is 1. The molecule has 1 aromatic carbocycles. The highest BCUT2D eigenvalue weighted by Gasteiger charge is 1.98. The van der Waals surface area contributed by atoms with Gasteiger partial charge in [-0.05, 0) is 5.56 Å². The molecule has 3 nitrogen and oxygen atoms in total. The van der Waals surface area contributed by atoms with E-state index in [1.54, 1.807) is 11.8 Å². The minimum Gasteiger partial charge on any atom is -0.505 e. The number of hydrogen-bond donors (Lipinski definition) is 1. The number of benzene rings is 1. The molecule has 4 heteroatoms. The van der Waals surface area contributed by atoms with Crippen molar-refractivity contribution in [3.63, 3.8) is 0 Å². The fourth-order valence-electron chi connectivity index (χ4n) is 1.11. The summed E-state index contributed by atoms with van der Waals surface area (Å²) in [6.45, 7) is 0. The van der Waals surface area contributed by atoms with Gasteiger partial charge in [-0.25, -0.2) is 9.97 Å². The third-order valence-corrected chi connectivity index (χ3v) is 2.77. The Hall–Kier alpha value is -1.55. The van der Waals surface area contributed by atoms with Gasteiger partial charge in [0.25, 0.3) is 0 Å². The monoisotopic (exact) mass is 218 g/mol. The SMILES string of the molecule is Oc1cnc(SCc2ccccc2)nc1. The van der Waals surface area contributed by atoms with Crippen molar-refractivity contribution in [1.29, 1.82) is 0 Å². The summed E-state index contributed by atoms with van der Waals surface area (Å²) in [5.41, 5.74) is 1.24. The minimum atomic E-state index is 0.0964. The van der Waals surface area contributed by atoms with Gasteiger partial charge >= 0.3 is 0 Å². The summed E-state index contributed by atoms with van der Waals surface area (Å²) < 4.78 is 0. The second-order valence-electron chi connectivity index (χ2n) is 3.00. The maximum atomic E-state index is 9.01. The molecule has 1 aromatic heterocycles. The summed E-state index contributed by atoms with van der Waals surface area (Å²) in [5.74, 6) is 0.935. The van der Waals surface area contributed by atoms with E-state index in [0.717, 1.165) is 5.75 Å². The molecule has 15 heavy (non-hydrogen) atoms. The molecule has 0 atom stereocenters. The molecule has 0 saturated heterocycles. The van der Waals surface area contributed by atoms with Crippen LogP contribution in [0.4, 0.5) is 0 Å². The van der Waals surface area contributed by atoms with E-state index in [4.69, 9.17) is 5.11 Å². The molecule has 2 rings (SSSR count). The summed E-state index contributed by atoms with van der Waals surface area (Å²) in [7, 11) is 0. The lowest BCUT2D eigenvalue weighted by Crippen LogP contribution is -1.85. The highest BCUT2D eigenvalue weighted by atomic mass is 32.2. The van der Waals surface area contributed by atoms with E-state index >= 15 is 0 Å². The van der Waals surface area contributed by atoms with Crippen LogP contribution in [0.3, 0.4) is 0 Å². The van der Waals surface area contributed by atoms with E-state index in [-0.39, 0.29) is 5.75 Å².